The molecule has 3 heteroatoms. The van der Waals surface area contributed by atoms with Crippen molar-refractivity contribution < 1.29 is 4.42 Å². The molecule has 1 heterocycles. The van der Waals surface area contributed by atoms with Crippen molar-refractivity contribution in [1.82, 2.24) is 5.43 Å². The summed E-state index contributed by atoms with van der Waals surface area (Å²) < 4.78 is 5.46. The van der Waals surface area contributed by atoms with Gasteiger partial charge in [-0.3, -0.25) is 5.84 Å². The summed E-state index contributed by atoms with van der Waals surface area (Å²) in [4.78, 5) is 0. The second-order valence-corrected chi connectivity index (χ2v) is 5.19. The van der Waals surface area contributed by atoms with Gasteiger partial charge in [0.2, 0.25) is 0 Å². The normalized spacial score (nSPS) is 32.6. The Morgan fingerprint density at radius 3 is 2.75 bits per heavy atom. The van der Waals surface area contributed by atoms with Crippen molar-refractivity contribution in [2.45, 2.75) is 39.2 Å². The lowest BCUT2D eigenvalue weighted by atomic mass is 9.73. The van der Waals surface area contributed by atoms with Gasteiger partial charge in [-0.25, -0.2) is 5.43 Å². The monoisotopic (exact) mass is 222 g/mol. The molecule has 16 heavy (non-hydrogen) atoms. The highest BCUT2D eigenvalue weighted by molar-refractivity contribution is 5.06. The molecular weight excluding hydrogens is 200 g/mol. The molecule has 1 fully saturated rings. The zero-order valence-corrected chi connectivity index (χ0v) is 10.1. The van der Waals surface area contributed by atoms with E-state index in [1.54, 1.807) is 6.26 Å². The van der Waals surface area contributed by atoms with Crippen LogP contribution in [0.1, 0.15) is 44.9 Å². The third-order valence-corrected chi connectivity index (χ3v) is 4.14. The Bertz CT molecular complexity index is 310. The van der Waals surface area contributed by atoms with Gasteiger partial charge in [-0.1, -0.05) is 20.3 Å². The highest BCUT2D eigenvalue weighted by atomic mass is 16.3. The summed E-state index contributed by atoms with van der Waals surface area (Å²) in [5.74, 6) is 8.85. The van der Waals surface area contributed by atoms with Crippen molar-refractivity contribution >= 4 is 0 Å². The number of nitrogens with two attached hydrogens (primary N) is 1. The van der Waals surface area contributed by atoms with Gasteiger partial charge in [0.15, 0.2) is 0 Å². The Morgan fingerprint density at radius 2 is 2.19 bits per heavy atom. The van der Waals surface area contributed by atoms with Crippen LogP contribution in [-0.4, -0.2) is 0 Å². The quantitative estimate of drug-likeness (QED) is 0.610. The summed E-state index contributed by atoms with van der Waals surface area (Å²) in [6.45, 7) is 4.69. The maximum absolute atomic E-state index is 5.66. The van der Waals surface area contributed by atoms with Gasteiger partial charge in [0.25, 0.3) is 0 Å². The van der Waals surface area contributed by atoms with Crippen LogP contribution in [0.5, 0.6) is 0 Å². The van der Waals surface area contributed by atoms with Gasteiger partial charge in [-0.2, -0.15) is 0 Å². The topological polar surface area (TPSA) is 51.2 Å². The van der Waals surface area contributed by atoms with Gasteiger partial charge in [-0.15, -0.1) is 0 Å². The molecule has 0 aromatic carbocycles. The molecule has 3 nitrogen and oxygen atoms in total. The average Bonchev–Trinajstić information content (AvgIpc) is 2.78. The first-order valence-electron chi connectivity index (χ1n) is 6.22. The Morgan fingerprint density at radius 1 is 1.38 bits per heavy atom. The Kier molecular flexibility index (Phi) is 3.66. The summed E-state index contributed by atoms with van der Waals surface area (Å²) in [6, 6.07) is 4.10. The minimum atomic E-state index is 0.171. The molecule has 1 aliphatic carbocycles. The zero-order valence-electron chi connectivity index (χ0n) is 10.1. The van der Waals surface area contributed by atoms with Crippen LogP contribution in [0.4, 0.5) is 0 Å². The molecular formula is C13H22N2O. The largest absolute Gasteiger partial charge is 0.468 e. The summed E-state index contributed by atoms with van der Waals surface area (Å²) >= 11 is 0. The summed E-state index contributed by atoms with van der Waals surface area (Å²) in [7, 11) is 0. The van der Waals surface area contributed by atoms with Crippen LogP contribution in [0.15, 0.2) is 22.8 Å². The molecule has 4 unspecified atom stereocenters. The number of hydrazine groups is 1. The first-order chi connectivity index (χ1) is 7.72. The Hall–Kier alpha value is -0.800. The van der Waals surface area contributed by atoms with E-state index in [1.165, 1.54) is 19.3 Å². The lowest BCUT2D eigenvalue weighted by molar-refractivity contribution is 0.160. The molecule has 0 spiro atoms. The minimum absolute atomic E-state index is 0.171. The van der Waals surface area contributed by atoms with Crippen LogP contribution in [0.3, 0.4) is 0 Å². The molecule has 1 aromatic heterocycles. The highest BCUT2D eigenvalue weighted by Gasteiger charge is 2.31. The van der Waals surface area contributed by atoms with Crippen LogP contribution in [0.2, 0.25) is 0 Å². The van der Waals surface area contributed by atoms with Crippen molar-refractivity contribution in [1.29, 1.82) is 0 Å². The maximum atomic E-state index is 5.66. The zero-order chi connectivity index (χ0) is 11.5. The summed E-state index contributed by atoms with van der Waals surface area (Å²) in [5.41, 5.74) is 2.92. The highest BCUT2D eigenvalue weighted by Crippen LogP contribution is 2.39. The molecule has 1 aliphatic rings. The molecule has 3 N–H and O–H groups in total. The smallest absolute Gasteiger partial charge is 0.122 e. The molecule has 4 atom stereocenters. The number of nitrogens with one attached hydrogen (secondary N) is 1. The Balaban J connectivity index is 2.05. The second-order valence-electron chi connectivity index (χ2n) is 5.19. The first kappa shape index (κ1) is 11.7. The van der Waals surface area contributed by atoms with E-state index in [-0.39, 0.29) is 6.04 Å². The van der Waals surface area contributed by atoms with Gasteiger partial charge in [0.05, 0.1) is 12.3 Å². The molecule has 1 saturated carbocycles. The fourth-order valence-electron chi connectivity index (χ4n) is 2.81. The third-order valence-electron chi connectivity index (χ3n) is 4.14. The molecule has 0 saturated heterocycles. The van der Waals surface area contributed by atoms with Gasteiger partial charge in [0, 0.05) is 0 Å². The second kappa shape index (κ2) is 5.02. The van der Waals surface area contributed by atoms with Crippen LogP contribution in [-0.2, 0) is 0 Å². The third kappa shape index (κ3) is 2.30. The van der Waals surface area contributed by atoms with Gasteiger partial charge < -0.3 is 4.42 Å². The van der Waals surface area contributed by atoms with Crippen LogP contribution < -0.4 is 11.3 Å². The molecule has 0 radical (unpaired) electrons. The van der Waals surface area contributed by atoms with Crippen molar-refractivity contribution in [2.24, 2.45) is 23.6 Å². The van der Waals surface area contributed by atoms with E-state index < -0.39 is 0 Å². The number of hydrogen-bond acceptors (Lipinski definition) is 3. The fraction of sp³-hybridized carbons (Fsp3) is 0.692. The molecule has 0 amide bonds. The van der Waals surface area contributed by atoms with E-state index in [4.69, 9.17) is 10.3 Å². The molecule has 0 bridgehead atoms. The lowest BCUT2D eigenvalue weighted by Crippen LogP contribution is -2.36. The van der Waals surface area contributed by atoms with Gasteiger partial charge in [0.1, 0.15) is 5.76 Å². The predicted molar refractivity (Wildman–Crippen MR) is 64.4 cm³/mol. The molecule has 2 rings (SSSR count). The number of hydrogen-bond donors (Lipinski definition) is 2. The SMILES string of the molecule is CC1CCC(C(NN)c2ccco2)CC1C. The standard InChI is InChI=1S/C13H22N2O/c1-9-5-6-11(8-10(9)2)13(15-14)12-4-3-7-16-12/h3-4,7,9-11,13,15H,5-6,8,14H2,1-2H3. The summed E-state index contributed by atoms with van der Waals surface area (Å²) in [6.07, 6.45) is 5.48. The molecule has 90 valence electrons. The maximum Gasteiger partial charge on any atom is 0.122 e. The van der Waals surface area contributed by atoms with E-state index in [0.717, 1.165) is 17.6 Å². The fourth-order valence-corrected chi connectivity index (χ4v) is 2.81. The predicted octanol–water partition coefficient (Wildman–Crippen LogP) is 2.86. The Labute approximate surface area is 97.4 Å². The van der Waals surface area contributed by atoms with Crippen LogP contribution >= 0.6 is 0 Å². The number of furan rings is 1. The first-order valence-corrected chi connectivity index (χ1v) is 6.22. The van der Waals surface area contributed by atoms with Crippen molar-refractivity contribution in [3.63, 3.8) is 0 Å². The van der Waals surface area contributed by atoms with Gasteiger partial charge >= 0.3 is 0 Å². The summed E-state index contributed by atoms with van der Waals surface area (Å²) in [5, 5.41) is 0. The van der Waals surface area contributed by atoms with E-state index in [1.807, 2.05) is 12.1 Å². The lowest BCUT2D eigenvalue weighted by Gasteiger charge is -2.35. The molecule has 1 aromatic rings. The molecule has 0 aliphatic heterocycles. The van der Waals surface area contributed by atoms with E-state index in [2.05, 4.69) is 19.3 Å². The average molecular weight is 222 g/mol. The van der Waals surface area contributed by atoms with E-state index in [9.17, 15) is 0 Å². The van der Waals surface area contributed by atoms with Crippen molar-refractivity contribution in [3.05, 3.63) is 24.2 Å². The van der Waals surface area contributed by atoms with Crippen molar-refractivity contribution in [3.8, 4) is 0 Å². The van der Waals surface area contributed by atoms with Crippen LogP contribution in [0.25, 0.3) is 0 Å². The van der Waals surface area contributed by atoms with E-state index in [0.29, 0.717) is 5.92 Å². The minimum Gasteiger partial charge on any atom is -0.468 e. The number of rotatable bonds is 3. The van der Waals surface area contributed by atoms with E-state index >= 15 is 0 Å². The van der Waals surface area contributed by atoms with Crippen LogP contribution in [0, 0.1) is 17.8 Å². The van der Waals surface area contributed by atoms with Crippen molar-refractivity contribution in [2.75, 3.05) is 0 Å². The van der Waals surface area contributed by atoms with Gasteiger partial charge in [-0.05, 0) is 42.7 Å².